The van der Waals surface area contributed by atoms with Gasteiger partial charge in [0.1, 0.15) is 6.61 Å². The lowest BCUT2D eigenvalue weighted by molar-refractivity contribution is 0.284. The summed E-state index contributed by atoms with van der Waals surface area (Å²) in [6.07, 6.45) is 0. The molecule has 1 N–H and O–H groups in total. The Labute approximate surface area is 156 Å². The molecule has 0 unspecified atom stereocenters. The predicted molar refractivity (Wildman–Crippen MR) is 105 cm³/mol. The summed E-state index contributed by atoms with van der Waals surface area (Å²) in [5.41, 5.74) is 3.34. The molecule has 0 saturated carbocycles. The van der Waals surface area contributed by atoms with Crippen molar-refractivity contribution in [2.75, 3.05) is 12.4 Å². The number of hydrogen-bond acceptors (Lipinski definition) is 3. The highest BCUT2D eigenvalue weighted by Gasteiger charge is 2.06. The summed E-state index contributed by atoms with van der Waals surface area (Å²) in [5, 5.41) is 3.40. The van der Waals surface area contributed by atoms with Crippen LogP contribution >= 0.6 is 15.9 Å². The van der Waals surface area contributed by atoms with Gasteiger partial charge in [-0.3, -0.25) is 0 Å². The summed E-state index contributed by atoms with van der Waals surface area (Å²) < 4.78 is 12.4. The maximum absolute atomic E-state index is 5.89. The van der Waals surface area contributed by atoms with Crippen LogP contribution in [0.15, 0.2) is 77.3 Å². The quantitative estimate of drug-likeness (QED) is 0.558. The van der Waals surface area contributed by atoms with Gasteiger partial charge >= 0.3 is 0 Å². The summed E-state index contributed by atoms with van der Waals surface area (Å²) in [5.74, 6) is 1.49. The van der Waals surface area contributed by atoms with Crippen molar-refractivity contribution in [3.05, 3.63) is 88.4 Å². The first-order valence-corrected chi connectivity index (χ1v) is 8.87. The molecular formula is C21H20BrNO2. The molecule has 0 aliphatic carbocycles. The van der Waals surface area contributed by atoms with Crippen molar-refractivity contribution in [2.45, 2.75) is 13.2 Å². The molecule has 0 aliphatic heterocycles. The van der Waals surface area contributed by atoms with Crippen molar-refractivity contribution in [1.82, 2.24) is 0 Å². The summed E-state index contributed by atoms with van der Waals surface area (Å²) in [7, 11) is 1.66. The minimum atomic E-state index is 0.522. The van der Waals surface area contributed by atoms with Crippen molar-refractivity contribution < 1.29 is 9.47 Å². The zero-order valence-electron chi connectivity index (χ0n) is 14.0. The average molecular weight is 398 g/mol. The maximum atomic E-state index is 5.89. The Balaban J connectivity index is 1.63. The second-order valence-corrected chi connectivity index (χ2v) is 6.54. The van der Waals surface area contributed by atoms with Gasteiger partial charge in [0.25, 0.3) is 0 Å². The van der Waals surface area contributed by atoms with E-state index in [9.17, 15) is 0 Å². The van der Waals surface area contributed by atoms with Gasteiger partial charge in [0.2, 0.25) is 0 Å². The fraction of sp³-hybridized carbons (Fsp3) is 0.143. The molecule has 25 heavy (non-hydrogen) atoms. The molecule has 0 aromatic heterocycles. The summed E-state index contributed by atoms with van der Waals surface area (Å²) in [6.45, 7) is 1.24. The molecule has 3 nitrogen and oxygen atoms in total. The van der Waals surface area contributed by atoms with Gasteiger partial charge in [-0.05, 0) is 47.5 Å². The van der Waals surface area contributed by atoms with Crippen molar-refractivity contribution in [3.63, 3.8) is 0 Å². The molecule has 3 aromatic rings. The van der Waals surface area contributed by atoms with Crippen LogP contribution in [0.4, 0.5) is 5.69 Å². The molecule has 0 heterocycles. The Morgan fingerprint density at radius 1 is 0.840 bits per heavy atom. The predicted octanol–water partition coefficient (Wildman–Crippen LogP) is 5.65. The van der Waals surface area contributed by atoms with E-state index in [1.54, 1.807) is 7.11 Å². The van der Waals surface area contributed by atoms with E-state index in [0.29, 0.717) is 6.61 Å². The summed E-state index contributed by atoms with van der Waals surface area (Å²) in [4.78, 5) is 0. The van der Waals surface area contributed by atoms with Gasteiger partial charge < -0.3 is 14.8 Å². The monoisotopic (exact) mass is 397 g/mol. The normalized spacial score (nSPS) is 10.3. The van der Waals surface area contributed by atoms with E-state index in [1.807, 2.05) is 66.7 Å². The van der Waals surface area contributed by atoms with E-state index in [2.05, 4.69) is 27.3 Å². The third-order valence-electron chi connectivity index (χ3n) is 3.81. The minimum absolute atomic E-state index is 0.522. The Morgan fingerprint density at radius 2 is 1.60 bits per heavy atom. The van der Waals surface area contributed by atoms with Gasteiger partial charge in [-0.25, -0.2) is 0 Å². The van der Waals surface area contributed by atoms with Gasteiger partial charge in [-0.1, -0.05) is 52.3 Å². The van der Waals surface area contributed by atoms with Crippen molar-refractivity contribution in [2.24, 2.45) is 0 Å². The molecule has 3 rings (SSSR count). The van der Waals surface area contributed by atoms with Gasteiger partial charge in [0.15, 0.2) is 11.5 Å². The Hall–Kier alpha value is -2.46. The van der Waals surface area contributed by atoms with Crippen LogP contribution in [0, 0.1) is 0 Å². The van der Waals surface area contributed by atoms with E-state index < -0.39 is 0 Å². The number of rotatable bonds is 7. The highest BCUT2D eigenvalue weighted by atomic mass is 79.9. The third-order valence-corrected chi connectivity index (χ3v) is 4.33. The van der Waals surface area contributed by atoms with E-state index >= 15 is 0 Å². The summed E-state index contributed by atoms with van der Waals surface area (Å²) in [6, 6.07) is 24.2. The van der Waals surface area contributed by atoms with E-state index in [4.69, 9.17) is 9.47 Å². The number of benzene rings is 3. The molecule has 0 saturated heterocycles. The number of anilines is 1. The SMILES string of the molecule is COc1cc(CNc2ccc(Br)cc2)ccc1OCc1ccccc1. The molecule has 0 spiro atoms. The zero-order chi connectivity index (χ0) is 17.5. The molecule has 4 heteroatoms. The van der Waals surface area contributed by atoms with Crippen LogP contribution in [0.2, 0.25) is 0 Å². The second kappa shape index (κ2) is 8.58. The van der Waals surface area contributed by atoms with Crippen molar-refractivity contribution >= 4 is 21.6 Å². The smallest absolute Gasteiger partial charge is 0.161 e. The molecule has 0 fully saturated rings. The van der Waals surface area contributed by atoms with Crippen LogP contribution in [-0.4, -0.2) is 7.11 Å². The van der Waals surface area contributed by atoms with Gasteiger partial charge in [-0.15, -0.1) is 0 Å². The van der Waals surface area contributed by atoms with E-state index in [1.165, 1.54) is 0 Å². The number of ether oxygens (including phenoxy) is 2. The molecule has 128 valence electrons. The number of hydrogen-bond donors (Lipinski definition) is 1. The standard InChI is InChI=1S/C21H20BrNO2/c1-24-21-13-17(14-23-19-10-8-18(22)9-11-19)7-12-20(21)25-15-16-5-3-2-4-6-16/h2-13,23H,14-15H2,1H3. The summed E-state index contributed by atoms with van der Waals surface area (Å²) >= 11 is 3.44. The zero-order valence-corrected chi connectivity index (χ0v) is 15.6. The van der Waals surface area contributed by atoms with Crippen LogP contribution in [0.1, 0.15) is 11.1 Å². The topological polar surface area (TPSA) is 30.5 Å². The minimum Gasteiger partial charge on any atom is -0.493 e. The number of nitrogens with one attached hydrogen (secondary N) is 1. The highest BCUT2D eigenvalue weighted by Crippen LogP contribution is 2.29. The Kier molecular flexibility index (Phi) is 5.96. The Morgan fingerprint density at radius 3 is 2.32 bits per heavy atom. The molecule has 0 amide bonds. The first-order chi connectivity index (χ1) is 12.2. The lowest BCUT2D eigenvalue weighted by Gasteiger charge is -2.13. The van der Waals surface area contributed by atoms with E-state index in [0.717, 1.165) is 39.3 Å². The first-order valence-electron chi connectivity index (χ1n) is 8.07. The van der Waals surface area contributed by atoms with Crippen molar-refractivity contribution in [3.8, 4) is 11.5 Å². The highest BCUT2D eigenvalue weighted by molar-refractivity contribution is 9.10. The first kappa shape index (κ1) is 17.4. The van der Waals surface area contributed by atoms with E-state index in [-0.39, 0.29) is 0 Å². The molecule has 0 bridgehead atoms. The van der Waals surface area contributed by atoms with Crippen LogP contribution in [0.25, 0.3) is 0 Å². The fourth-order valence-electron chi connectivity index (χ4n) is 2.45. The lowest BCUT2D eigenvalue weighted by atomic mass is 10.2. The average Bonchev–Trinajstić information content (AvgIpc) is 2.67. The molecule has 0 aliphatic rings. The fourth-order valence-corrected chi connectivity index (χ4v) is 2.71. The van der Waals surface area contributed by atoms with Crippen LogP contribution in [-0.2, 0) is 13.2 Å². The van der Waals surface area contributed by atoms with Crippen LogP contribution in [0.5, 0.6) is 11.5 Å². The van der Waals surface area contributed by atoms with Gasteiger partial charge in [0, 0.05) is 16.7 Å². The number of halogens is 1. The number of methoxy groups -OCH3 is 1. The Bertz CT molecular complexity index is 804. The second-order valence-electron chi connectivity index (χ2n) is 5.62. The van der Waals surface area contributed by atoms with Crippen LogP contribution < -0.4 is 14.8 Å². The third kappa shape index (κ3) is 5.00. The molecule has 0 atom stereocenters. The van der Waals surface area contributed by atoms with Gasteiger partial charge in [0.05, 0.1) is 7.11 Å². The van der Waals surface area contributed by atoms with Crippen LogP contribution in [0.3, 0.4) is 0 Å². The molecule has 3 aromatic carbocycles. The molecule has 0 radical (unpaired) electrons. The maximum Gasteiger partial charge on any atom is 0.161 e. The van der Waals surface area contributed by atoms with Gasteiger partial charge in [-0.2, -0.15) is 0 Å². The van der Waals surface area contributed by atoms with Crippen molar-refractivity contribution in [1.29, 1.82) is 0 Å². The largest absolute Gasteiger partial charge is 0.493 e. The molecular weight excluding hydrogens is 378 g/mol. The lowest BCUT2D eigenvalue weighted by Crippen LogP contribution is -2.01.